The first-order chi connectivity index (χ1) is 14.0. The average Bonchev–Trinajstić information content (AvgIpc) is 3.14. The Morgan fingerprint density at radius 2 is 1.62 bits per heavy atom. The summed E-state index contributed by atoms with van der Waals surface area (Å²) in [7, 11) is 0. The van der Waals surface area contributed by atoms with Gasteiger partial charge in [-0.25, -0.2) is 0 Å². The molecule has 0 saturated carbocycles. The maximum absolute atomic E-state index is 12.3. The highest BCUT2D eigenvalue weighted by Gasteiger charge is 2.14. The minimum absolute atomic E-state index is 0.107. The number of anilines is 2. The summed E-state index contributed by atoms with van der Waals surface area (Å²) < 4.78 is 5.59. The lowest BCUT2D eigenvalue weighted by Crippen LogP contribution is -2.21. The molecule has 0 atom stereocenters. The fourth-order valence-corrected chi connectivity index (χ4v) is 3.45. The van der Waals surface area contributed by atoms with Crippen LogP contribution >= 0.6 is 0 Å². The Labute approximate surface area is 170 Å². The van der Waals surface area contributed by atoms with Crippen molar-refractivity contribution in [3.63, 3.8) is 0 Å². The predicted molar refractivity (Wildman–Crippen MR) is 113 cm³/mol. The molecule has 2 amide bonds. The van der Waals surface area contributed by atoms with Crippen LogP contribution < -0.4 is 15.4 Å². The van der Waals surface area contributed by atoms with E-state index in [-0.39, 0.29) is 24.2 Å². The molecular formula is C23H26N2O4. The second-order valence-corrected chi connectivity index (χ2v) is 7.24. The molecule has 0 unspecified atom stereocenters. The molecule has 0 aliphatic heterocycles. The van der Waals surface area contributed by atoms with Gasteiger partial charge in [0.25, 0.3) is 5.91 Å². The van der Waals surface area contributed by atoms with Crippen molar-refractivity contribution in [1.82, 2.24) is 0 Å². The van der Waals surface area contributed by atoms with Gasteiger partial charge in [-0.1, -0.05) is 13.0 Å². The van der Waals surface area contributed by atoms with Gasteiger partial charge >= 0.3 is 0 Å². The van der Waals surface area contributed by atoms with Crippen LogP contribution in [-0.2, 0) is 22.4 Å². The topological polar surface area (TPSA) is 84.5 Å². The van der Waals surface area contributed by atoms with Crippen molar-refractivity contribution in [1.29, 1.82) is 0 Å². The van der Waals surface area contributed by atoms with E-state index >= 15 is 0 Å². The summed E-state index contributed by atoms with van der Waals surface area (Å²) >= 11 is 0. The van der Waals surface area contributed by atoms with E-state index in [1.165, 1.54) is 18.1 Å². The van der Waals surface area contributed by atoms with Gasteiger partial charge in [0.05, 0.1) is 5.56 Å². The number of aryl methyl sites for hydroxylation is 2. The molecule has 0 spiro atoms. The first kappa shape index (κ1) is 20.6. The van der Waals surface area contributed by atoms with E-state index in [4.69, 9.17) is 4.74 Å². The molecule has 0 fully saturated rings. The highest BCUT2D eigenvalue weighted by atomic mass is 16.5. The van der Waals surface area contributed by atoms with Gasteiger partial charge in [0.1, 0.15) is 5.75 Å². The average molecular weight is 394 g/mol. The first-order valence-corrected chi connectivity index (χ1v) is 9.95. The molecule has 0 saturated heterocycles. The lowest BCUT2D eigenvalue weighted by molar-refractivity contribution is -0.118. The third-order valence-electron chi connectivity index (χ3n) is 4.86. The SMILES string of the molecule is CCCC(=O)Nc1ccc(OCC(=O)Nc2ccc3c(c2)CCC3)c(C(C)=O)c1. The summed E-state index contributed by atoms with van der Waals surface area (Å²) in [6.45, 7) is 3.13. The summed E-state index contributed by atoms with van der Waals surface area (Å²) in [6.07, 6.45) is 4.44. The molecule has 2 aromatic carbocycles. The molecule has 3 rings (SSSR count). The van der Waals surface area contributed by atoms with Gasteiger partial charge in [-0.2, -0.15) is 0 Å². The van der Waals surface area contributed by atoms with Crippen molar-refractivity contribution in [2.75, 3.05) is 17.2 Å². The number of carbonyl (C=O) groups excluding carboxylic acids is 3. The van der Waals surface area contributed by atoms with E-state index < -0.39 is 0 Å². The van der Waals surface area contributed by atoms with E-state index in [2.05, 4.69) is 16.7 Å². The number of Topliss-reactive ketones (excluding diaryl/α,β-unsaturated/α-hetero) is 1. The van der Waals surface area contributed by atoms with Crippen molar-refractivity contribution in [2.24, 2.45) is 0 Å². The number of carbonyl (C=O) groups is 3. The van der Waals surface area contributed by atoms with E-state index in [1.807, 2.05) is 19.1 Å². The maximum atomic E-state index is 12.3. The Hall–Kier alpha value is -3.15. The molecule has 6 heteroatoms. The van der Waals surface area contributed by atoms with E-state index in [0.717, 1.165) is 31.4 Å². The quantitative estimate of drug-likeness (QED) is 0.659. The fraction of sp³-hybridized carbons (Fsp3) is 0.348. The molecule has 2 N–H and O–H groups in total. The fourth-order valence-electron chi connectivity index (χ4n) is 3.45. The zero-order valence-corrected chi connectivity index (χ0v) is 16.8. The molecule has 0 radical (unpaired) electrons. The molecule has 0 heterocycles. The lowest BCUT2D eigenvalue weighted by Gasteiger charge is -2.13. The number of ether oxygens (including phenoxy) is 1. The molecular weight excluding hydrogens is 368 g/mol. The van der Waals surface area contributed by atoms with Crippen LogP contribution in [0.2, 0.25) is 0 Å². The minimum Gasteiger partial charge on any atom is -0.483 e. The standard InChI is InChI=1S/C23H26N2O4/c1-3-5-22(27)24-19-10-11-21(20(13-19)15(2)26)29-14-23(28)25-18-9-8-16-6-4-7-17(16)12-18/h8-13H,3-7,14H2,1-2H3,(H,24,27)(H,25,28). The second kappa shape index (κ2) is 9.37. The molecule has 0 aromatic heterocycles. The van der Waals surface area contributed by atoms with Crippen LogP contribution in [0.15, 0.2) is 36.4 Å². The Kier molecular flexibility index (Phi) is 6.65. The Bertz CT molecular complexity index is 936. The third-order valence-corrected chi connectivity index (χ3v) is 4.86. The van der Waals surface area contributed by atoms with Gasteiger partial charge in [-0.05, 0) is 74.1 Å². The van der Waals surface area contributed by atoms with Gasteiger partial charge in [-0.3, -0.25) is 14.4 Å². The van der Waals surface area contributed by atoms with Crippen molar-refractivity contribution in [2.45, 2.75) is 46.0 Å². The lowest BCUT2D eigenvalue weighted by atomic mass is 10.1. The predicted octanol–water partition coefficient (Wildman–Crippen LogP) is 4.13. The van der Waals surface area contributed by atoms with Gasteiger partial charge < -0.3 is 15.4 Å². The van der Waals surface area contributed by atoms with Crippen LogP contribution in [0.25, 0.3) is 0 Å². The molecule has 29 heavy (non-hydrogen) atoms. The van der Waals surface area contributed by atoms with Gasteiger partial charge in [0.15, 0.2) is 12.4 Å². The summed E-state index contributed by atoms with van der Waals surface area (Å²) in [5.41, 5.74) is 4.23. The van der Waals surface area contributed by atoms with Gasteiger partial charge in [-0.15, -0.1) is 0 Å². The van der Waals surface area contributed by atoms with E-state index in [1.54, 1.807) is 18.2 Å². The number of amides is 2. The third kappa shape index (κ3) is 5.44. The molecule has 0 bridgehead atoms. The van der Waals surface area contributed by atoms with Gasteiger partial charge in [0, 0.05) is 17.8 Å². The van der Waals surface area contributed by atoms with Crippen molar-refractivity contribution < 1.29 is 19.1 Å². The smallest absolute Gasteiger partial charge is 0.262 e. The van der Waals surface area contributed by atoms with E-state index in [9.17, 15) is 14.4 Å². The minimum atomic E-state index is -0.294. The second-order valence-electron chi connectivity index (χ2n) is 7.24. The normalized spacial score (nSPS) is 12.2. The zero-order chi connectivity index (χ0) is 20.8. The van der Waals surface area contributed by atoms with Crippen LogP contribution in [0.5, 0.6) is 5.75 Å². The van der Waals surface area contributed by atoms with E-state index in [0.29, 0.717) is 23.4 Å². The summed E-state index contributed by atoms with van der Waals surface area (Å²) in [5.74, 6) is -0.289. The molecule has 6 nitrogen and oxygen atoms in total. The number of benzene rings is 2. The highest BCUT2D eigenvalue weighted by Crippen LogP contribution is 2.26. The van der Waals surface area contributed by atoms with Crippen LogP contribution in [0.1, 0.15) is 54.6 Å². The van der Waals surface area contributed by atoms with Gasteiger partial charge in [0.2, 0.25) is 5.91 Å². The summed E-state index contributed by atoms with van der Waals surface area (Å²) in [5, 5.41) is 5.59. The summed E-state index contributed by atoms with van der Waals surface area (Å²) in [6, 6.07) is 10.8. The van der Waals surface area contributed by atoms with Crippen LogP contribution in [-0.4, -0.2) is 24.2 Å². The first-order valence-electron chi connectivity index (χ1n) is 9.95. The largest absolute Gasteiger partial charge is 0.483 e. The van der Waals surface area contributed by atoms with Crippen LogP contribution in [0.3, 0.4) is 0 Å². The summed E-state index contributed by atoms with van der Waals surface area (Å²) in [4.78, 5) is 36.0. The van der Waals surface area contributed by atoms with Crippen molar-refractivity contribution in [3.8, 4) is 5.75 Å². The Balaban J connectivity index is 1.62. The number of ketones is 1. The molecule has 152 valence electrons. The number of rotatable bonds is 8. The Morgan fingerprint density at radius 3 is 2.38 bits per heavy atom. The number of nitrogens with one attached hydrogen (secondary N) is 2. The number of hydrogen-bond acceptors (Lipinski definition) is 4. The maximum Gasteiger partial charge on any atom is 0.262 e. The highest BCUT2D eigenvalue weighted by molar-refractivity contribution is 5.99. The Morgan fingerprint density at radius 1 is 0.931 bits per heavy atom. The monoisotopic (exact) mass is 394 g/mol. The van der Waals surface area contributed by atoms with Crippen LogP contribution in [0, 0.1) is 0 Å². The molecule has 1 aliphatic rings. The molecule has 1 aliphatic carbocycles. The van der Waals surface area contributed by atoms with Crippen LogP contribution in [0.4, 0.5) is 11.4 Å². The van der Waals surface area contributed by atoms with Crippen molar-refractivity contribution in [3.05, 3.63) is 53.1 Å². The molecule has 2 aromatic rings. The zero-order valence-electron chi connectivity index (χ0n) is 16.8. The number of fused-ring (bicyclic) bond motifs is 1. The van der Waals surface area contributed by atoms with Crippen molar-refractivity contribution >= 4 is 29.0 Å². The number of hydrogen-bond donors (Lipinski definition) is 2.